The van der Waals surface area contributed by atoms with Gasteiger partial charge >= 0.3 is 0 Å². The van der Waals surface area contributed by atoms with Crippen molar-refractivity contribution in [2.45, 2.75) is 52.1 Å². The maximum atomic E-state index is 10.7. The molecule has 0 amide bonds. The molecule has 1 atom stereocenters. The number of aromatic nitrogens is 4. The van der Waals surface area contributed by atoms with Crippen molar-refractivity contribution in [2.24, 2.45) is 5.92 Å². The van der Waals surface area contributed by atoms with Crippen LogP contribution in [0.15, 0.2) is 18.2 Å². The monoisotopic (exact) mass is 286 g/mol. The first-order chi connectivity index (χ1) is 10.2. The molecule has 112 valence electrons. The van der Waals surface area contributed by atoms with Gasteiger partial charge in [-0.3, -0.25) is 0 Å². The van der Waals surface area contributed by atoms with E-state index in [9.17, 15) is 5.11 Å². The second-order valence-electron chi connectivity index (χ2n) is 6.03. The van der Waals surface area contributed by atoms with Gasteiger partial charge < -0.3 is 5.11 Å². The second kappa shape index (κ2) is 5.93. The summed E-state index contributed by atoms with van der Waals surface area (Å²) in [5.74, 6) is 0.840. The minimum atomic E-state index is -0.584. The van der Waals surface area contributed by atoms with Crippen molar-refractivity contribution in [1.29, 1.82) is 0 Å². The van der Waals surface area contributed by atoms with Crippen molar-refractivity contribution in [3.8, 4) is 5.69 Å². The lowest BCUT2D eigenvalue weighted by Gasteiger charge is -2.26. The van der Waals surface area contributed by atoms with Crippen molar-refractivity contribution in [1.82, 2.24) is 20.2 Å². The second-order valence-corrected chi connectivity index (χ2v) is 6.03. The lowest BCUT2D eigenvalue weighted by Crippen LogP contribution is -2.20. The maximum Gasteiger partial charge on any atom is 0.185 e. The molecule has 5 nitrogen and oxygen atoms in total. The predicted octanol–water partition coefficient (Wildman–Crippen LogP) is 2.89. The van der Waals surface area contributed by atoms with Crippen molar-refractivity contribution < 1.29 is 5.11 Å². The number of aliphatic hydroxyl groups excluding tert-OH is 1. The summed E-state index contributed by atoms with van der Waals surface area (Å²) in [7, 11) is 0. The van der Waals surface area contributed by atoms with Crippen LogP contribution < -0.4 is 0 Å². The first kappa shape index (κ1) is 14.2. The molecule has 1 heterocycles. The van der Waals surface area contributed by atoms with Gasteiger partial charge in [-0.25, -0.2) is 0 Å². The Labute approximate surface area is 125 Å². The largest absolute Gasteiger partial charge is 0.385 e. The van der Waals surface area contributed by atoms with Crippen LogP contribution in [0.2, 0.25) is 0 Å². The summed E-state index contributed by atoms with van der Waals surface area (Å²) in [6.45, 7) is 4.08. The molecule has 1 aliphatic carbocycles. The molecule has 0 radical (unpaired) electrons. The van der Waals surface area contributed by atoms with E-state index < -0.39 is 6.10 Å². The van der Waals surface area contributed by atoms with E-state index in [1.807, 2.05) is 32.0 Å². The fourth-order valence-corrected chi connectivity index (χ4v) is 3.34. The summed E-state index contributed by atoms with van der Waals surface area (Å²) < 4.78 is 1.71. The molecule has 0 saturated heterocycles. The average Bonchev–Trinajstić information content (AvgIpc) is 2.96. The number of aliphatic hydroxyl groups is 1. The molecule has 1 unspecified atom stereocenters. The fraction of sp³-hybridized carbons (Fsp3) is 0.562. The lowest BCUT2D eigenvalue weighted by atomic mass is 9.85. The Morgan fingerprint density at radius 2 is 1.81 bits per heavy atom. The van der Waals surface area contributed by atoms with Gasteiger partial charge in [0.25, 0.3) is 0 Å². The molecule has 1 fully saturated rings. The van der Waals surface area contributed by atoms with Gasteiger partial charge in [-0.1, -0.05) is 37.5 Å². The van der Waals surface area contributed by atoms with Crippen LogP contribution in [-0.2, 0) is 0 Å². The summed E-state index contributed by atoms with van der Waals surface area (Å²) in [5, 5.41) is 22.7. The van der Waals surface area contributed by atoms with Crippen LogP contribution in [0.25, 0.3) is 5.69 Å². The number of hydrogen-bond acceptors (Lipinski definition) is 4. The molecule has 1 N–H and O–H groups in total. The molecule has 1 aromatic heterocycles. The highest BCUT2D eigenvalue weighted by molar-refractivity contribution is 5.46. The number of para-hydroxylation sites is 1. The summed E-state index contributed by atoms with van der Waals surface area (Å²) in [4.78, 5) is 0. The Morgan fingerprint density at radius 3 is 2.48 bits per heavy atom. The third-order valence-electron chi connectivity index (χ3n) is 4.51. The molecule has 5 heteroatoms. The lowest BCUT2D eigenvalue weighted by molar-refractivity contribution is 0.0750. The van der Waals surface area contributed by atoms with Gasteiger partial charge in [-0.05, 0) is 54.2 Å². The van der Waals surface area contributed by atoms with Gasteiger partial charge in [0.2, 0.25) is 0 Å². The molecule has 1 aliphatic rings. The Kier molecular flexibility index (Phi) is 4.01. The van der Waals surface area contributed by atoms with Gasteiger partial charge in [0, 0.05) is 0 Å². The van der Waals surface area contributed by atoms with Crippen LogP contribution >= 0.6 is 0 Å². The number of hydrogen-bond donors (Lipinski definition) is 1. The van der Waals surface area contributed by atoms with E-state index >= 15 is 0 Å². The van der Waals surface area contributed by atoms with E-state index in [0.29, 0.717) is 5.82 Å². The fourth-order valence-electron chi connectivity index (χ4n) is 3.34. The number of aryl methyl sites for hydroxylation is 2. The molecule has 1 aromatic carbocycles. The zero-order valence-electron chi connectivity index (χ0n) is 12.7. The van der Waals surface area contributed by atoms with E-state index in [2.05, 4.69) is 15.5 Å². The molecule has 2 aromatic rings. The molecule has 0 bridgehead atoms. The third-order valence-corrected chi connectivity index (χ3v) is 4.51. The number of tetrazole rings is 1. The number of benzene rings is 1. The summed E-state index contributed by atoms with van der Waals surface area (Å²) >= 11 is 0. The van der Waals surface area contributed by atoms with Crippen molar-refractivity contribution in [3.05, 3.63) is 35.2 Å². The van der Waals surface area contributed by atoms with Gasteiger partial charge in [0.1, 0.15) is 6.10 Å². The summed E-state index contributed by atoms with van der Waals surface area (Å²) in [6, 6.07) is 6.11. The molecule has 3 rings (SSSR count). The number of rotatable bonds is 3. The van der Waals surface area contributed by atoms with E-state index in [4.69, 9.17) is 0 Å². The van der Waals surface area contributed by atoms with E-state index in [-0.39, 0.29) is 5.92 Å². The SMILES string of the molecule is Cc1cccc(C)c1-n1nnnc1C(O)C1CCCCC1. The van der Waals surface area contributed by atoms with E-state index in [0.717, 1.165) is 29.7 Å². The van der Waals surface area contributed by atoms with Crippen molar-refractivity contribution >= 4 is 0 Å². The molecule has 0 spiro atoms. The van der Waals surface area contributed by atoms with Crippen molar-refractivity contribution in [2.75, 3.05) is 0 Å². The average molecular weight is 286 g/mol. The van der Waals surface area contributed by atoms with Crippen LogP contribution in [0.3, 0.4) is 0 Å². The Morgan fingerprint density at radius 1 is 1.14 bits per heavy atom. The minimum absolute atomic E-state index is 0.271. The molecule has 0 aliphatic heterocycles. The smallest absolute Gasteiger partial charge is 0.185 e. The molecular weight excluding hydrogens is 264 g/mol. The summed E-state index contributed by atoms with van der Waals surface area (Å²) in [6.07, 6.45) is 5.17. The zero-order valence-corrected chi connectivity index (χ0v) is 12.7. The zero-order chi connectivity index (χ0) is 14.8. The Bertz CT molecular complexity index is 596. The van der Waals surface area contributed by atoms with Crippen LogP contribution in [0, 0.1) is 19.8 Å². The first-order valence-corrected chi connectivity index (χ1v) is 7.71. The Hall–Kier alpha value is -1.75. The molecular formula is C16H22N4O. The van der Waals surface area contributed by atoms with Gasteiger partial charge in [-0.2, -0.15) is 4.68 Å². The quantitative estimate of drug-likeness (QED) is 0.942. The highest BCUT2D eigenvalue weighted by Gasteiger charge is 2.28. The van der Waals surface area contributed by atoms with Gasteiger partial charge in [-0.15, -0.1) is 5.10 Å². The van der Waals surface area contributed by atoms with E-state index in [1.54, 1.807) is 4.68 Å². The van der Waals surface area contributed by atoms with Crippen LogP contribution in [0.1, 0.15) is 55.2 Å². The van der Waals surface area contributed by atoms with Crippen LogP contribution in [0.5, 0.6) is 0 Å². The standard InChI is InChI=1S/C16H22N4O/c1-11-7-6-8-12(2)14(11)20-16(17-18-19-20)15(21)13-9-4-3-5-10-13/h6-8,13,15,21H,3-5,9-10H2,1-2H3. The predicted molar refractivity (Wildman–Crippen MR) is 80.2 cm³/mol. The van der Waals surface area contributed by atoms with Gasteiger partial charge in [0.15, 0.2) is 5.82 Å². The third kappa shape index (κ3) is 2.70. The highest BCUT2D eigenvalue weighted by atomic mass is 16.3. The first-order valence-electron chi connectivity index (χ1n) is 7.71. The van der Waals surface area contributed by atoms with Crippen LogP contribution in [0.4, 0.5) is 0 Å². The van der Waals surface area contributed by atoms with Gasteiger partial charge in [0.05, 0.1) is 5.69 Å². The van der Waals surface area contributed by atoms with E-state index in [1.165, 1.54) is 19.3 Å². The topological polar surface area (TPSA) is 63.8 Å². The van der Waals surface area contributed by atoms with Crippen LogP contribution in [-0.4, -0.2) is 25.3 Å². The number of nitrogens with zero attached hydrogens (tertiary/aromatic N) is 4. The highest BCUT2D eigenvalue weighted by Crippen LogP contribution is 2.34. The maximum absolute atomic E-state index is 10.7. The molecule has 1 saturated carbocycles. The van der Waals surface area contributed by atoms with Crippen molar-refractivity contribution in [3.63, 3.8) is 0 Å². The normalized spacial score (nSPS) is 17.9. The summed E-state index contributed by atoms with van der Waals surface area (Å²) in [5.41, 5.74) is 3.20. The molecule has 21 heavy (non-hydrogen) atoms. The Balaban J connectivity index is 1.97. The minimum Gasteiger partial charge on any atom is -0.385 e.